The van der Waals surface area contributed by atoms with Gasteiger partial charge < -0.3 is 14.0 Å². The van der Waals surface area contributed by atoms with Crippen molar-refractivity contribution in [3.8, 4) is 5.75 Å². The number of halogens is 3. The smallest absolute Gasteiger partial charge is 0.293 e. The summed E-state index contributed by atoms with van der Waals surface area (Å²) >= 11 is 6.11. The summed E-state index contributed by atoms with van der Waals surface area (Å²) in [5, 5.41) is 6.41. The van der Waals surface area contributed by atoms with Crippen LogP contribution in [0.5, 0.6) is 5.75 Å². The number of hydrogen-bond acceptors (Lipinski definition) is 5. The summed E-state index contributed by atoms with van der Waals surface area (Å²) in [7, 11) is 0. The molecule has 0 aliphatic heterocycles. The van der Waals surface area contributed by atoms with E-state index in [-0.39, 0.29) is 28.5 Å². The van der Waals surface area contributed by atoms with Crippen molar-refractivity contribution < 1.29 is 23.0 Å². The van der Waals surface area contributed by atoms with Gasteiger partial charge in [0.2, 0.25) is 0 Å². The first-order chi connectivity index (χ1) is 15.0. The Kier molecular flexibility index (Phi) is 8.54. The van der Waals surface area contributed by atoms with E-state index in [1.807, 2.05) is 20.8 Å². The Balaban J connectivity index is 0.000000451. The largest absolute Gasteiger partial charge is 0.487 e. The molecule has 0 bridgehead atoms. The number of aryl methyl sites for hydroxylation is 1. The molecule has 1 N–H and O–H groups in total. The Morgan fingerprint density at radius 3 is 2.50 bits per heavy atom. The zero-order valence-corrected chi connectivity index (χ0v) is 18.9. The van der Waals surface area contributed by atoms with Crippen LogP contribution in [0, 0.1) is 18.6 Å². The molecule has 0 aliphatic carbocycles. The zero-order valence-electron chi connectivity index (χ0n) is 18.1. The van der Waals surface area contributed by atoms with Crippen molar-refractivity contribution in [1.82, 2.24) is 14.8 Å². The fourth-order valence-corrected chi connectivity index (χ4v) is 2.71. The molecular formula is C22H24ClF2N3O4. The molecule has 0 unspecified atom stereocenters. The summed E-state index contributed by atoms with van der Waals surface area (Å²) in [6.45, 7) is 7.80. The maximum absolute atomic E-state index is 13.7. The second-order valence-electron chi connectivity index (χ2n) is 7.81. The quantitative estimate of drug-likeness (QED) is 0.543. The van der Waals surface area contributed by atoms with E-state index < -0.39 is 17.2 Å². The molecule has 0 amide bonds. The molecule has 2 aromatic heterocycles. The highest BCUT2D eigenvalue weighted by Gasteiger charge is 2.14. The van der Waals surface area contributed by atoms with Crippen LogP contribution in [-0.4, -0.2) is 26.8 Å². The minimum Gasteiger partial charge on any atom is -0.487 e. The van der Waals surface area contributed by atoms with E-state index >= 15 is 0 Å². The van der Waals surface area contributed by atoms with Gasteiger partial charge >= 0.3 is 0 Å². The maximum Gasteiger partial charge on any atom is 0.293 e. The lowest BCUT2D eigenvalue weighted by atomic mass is 10.2. The molecule has 0 aliphatic rings. The predicted molar refractivity (Wildman–Crippen MR) is 116 cm³/mol. The molecule has 172 valence electrons. The second kappa shape index (κ2) is 10.9. The highest BCUT2D eigenvalue weighted by atomic mass is 35.5. The summed E-state index contributed by atoms with van der Waals surface area (Å²) in [5.74, 6) is -1.24. The third-order valence-corrected chi connectivity index (χ3v) is 4.46. The Bertz CT molecular complexity index is 1110. The monoisotopic (exact) mass is 467 g/mol. The van der Waals surface area contributed by atoms with Gasteiger partial charge in [0.05, 0.1) is 12.7 Å². The SMILES string of the molecule is CC(C)(C)OC=O.Cc1cc(OCc2ccc(F)cc2F)c(Cl)c(=O)n1Cc1cn[nH]c1. The average molecular weight is 468 g/mol. The first-order valence-electron chi connectivity index (χ1n) is 9.57. The lowest BCUT2D eigenvalue weighted by Crippen LogP contribution is -2.23. The molecule has 0 saturated carbocycles. The van der Waals surface area contributed by atoms with Crippen LogP contribution < -0.4 is 10.3 Å². The number of carbonyl (C=O) groups is 1. The number of ether oxygens (including phenoxy) is 2. The Morgan fingerprint density at radius 2 is 1.97 bits per heavy atom. The highest BCUT2D eigenvalue weighted by molar-refractivity contribution is 6.31. The van der Waals surface area contributed by atoms with Crippen molar-refractivity contribution in [2.24, 2.45) is 0 Å². The number of nitrogens with zero attached hydrogens (tertiary/aromatic N) is 2. The van der Waals surface area contributed by atoms with Crippen LogP contribution in [0.4, 0.5) is 8.78 Å². The standard InChI is InChI=1S/C17H14ClF2N3O2.C5H10O2/c1-10-4-15(25-9-12-2-3-13(19)5-14(12)20)16(18)17(24)23(10)8-11-6-21-22-7-11;1-5(2,3)7-4-6/h2-7H,8-9H2,1H3,(H,21,22);4H,1-3H3. The van der Waals surface area contributed by atoms with Crippen LogP contribution in [0.25, 0.3) is 0 Å². The van der Waals surface area contributed by atoms with Crippen molar-refractivity contribution in [2.45, 2.75) is 46.4 Å². The van der Waals surface area contributed by atoms with Gasteiger partial charge in [-0.2, -0.15) is 5.10 Å². The summed E-state index contributed by atoms with van der Waals surface area (Å²) in [5.41, 5.74) is 0.880. The summed E-state index contributed by atoms with van der Waals surface area (Å²) < 4.78 is 38.1. The first kappa shape index (κ1) is 25.1. The molecule has 0 fully saturated rings. The normalized spacial score (nSPS) is 10.8. The molecule has 2 heterocycles. The summed E-state index contributed by atoms with van der Waals surface area (Å²) in [6.07, 6.45) is 3.29. The van der Waals surface area contributed by atoms with Crippen LogP contribution in [0.15, 0.2) is 41.5 Å². The Morgan fingerprint density at radius 1 is 1.25 bits per heavy atom. The van der Waals surface area contributed by atoms with E-state index in [0.717, 1.165) is 17.7 Å². The van der Waals surface area contributed by atoms with Gasteiger partial charge in [-0.05, 0) is 39.8 Å². The molecule has 0 radical (unpaired) electrons. The highest BCUT2D eigenvalue weighted by Crippen LogP contribution is 2.24. The molecule has 3 rings (SSSR count). The van der Waals surface area contributed by atoms with E-state index in [4.69, 9.17) is 16.3 Å². The number of benzene rings is 1. The van der Waals surface area contributed by atoms with Crippen LogP contribution in [0.1, 0.15) is 37.6 Å². The lowest BCUT2D eigenvalue weighted by Gasteiger charge is -2.14. The zero-order chi connectivity index (χ0) is 23.9. The number of carbonyl (C=O) groups excluding carboxylic acids is 1. The van der Waals surface area contributed by atoms with Gasteiger partial charge in [-0.25, -0.2) is 8.78 Å². The molecule has 1 aromatic carbocycles. The second-order valence-corrected chi connectivity index (χ2v) is 8.19. The number of hydrogen-bond donors (Lipinski definition) is 1. The van der Waals surface area contributed by atoms with E-state index in [0.29, 0.717) is 18.7 Å². The number of aromatic amines is 1. The Hall–Kier alpha value is -3.20. The van der Waals surface area contributed by atoms with Gasteiger partial charge in [0, 0.05) is 35.2 Å². The molecule has 10 heteroatoms. The van der Waals surface area contributed by atoms with Crippen molar-refractivity contribution in [3.05, 3.63) is 80.5 Å². The average Bonchev–Trinajstić information content (AvgIpc) is 3.21. The minimum atomic E-state index is -0.721. The number of nitrogens with one attached hydrogen (secondary N) is 1. The van der Waals surface area contributed by atoms with E-state index in [1.165, 1.54) is 10.6 Å². The minimum absolute atomic E-state index is 0.100. The fourth-order valence-electron chi connectivity index (χ4n) is 2.50. The van der Waals surface area contributed by atoms with Crippen LogP contribution in [0.3, 0.4) is 0 Å². The van der Waals surface area contributed by atoms with Gasteiger partial charge in [0.1, 0.15) is 34.6 Å². The van der Waals surface area contributed by atoms with Crippen molar-refractivity contribution in [1.29, 1.82) is 0 Å². The molecule has 7 nitrogen and oxygen atoms in total. The molecule has 0 spiro atoms. The number of aromatic nitrogens is 3. The summed E-state index contributed by atoms with van der Waals surface area (Å²) in [4.78, 5) is 22.1. The Labute approximate surface area is 188 Å². The fraction of sp³-hybridized carbons (Fsp3) is 0.318. The number of H-pyrrole nitrogens is 1. The van der Waals surface area contributed by atoms with Crippen LogP contribution >= 0.6 is 11.6 Å². The van der Waals surface area contributed by atoms with Gasteiger partial charge in [0.15, 0.2) is 0 Å². The molecule has 3 aromatic rings. The molecule has 0 atom stereocenters. The third kappa shape index (κ3) is 7.19. The van der Waals surface area contributed by atoms with Gasteiger partial charge in [-0.1, -0.05) is 11.6 Å². The van der Waals surface area contributed by atoms with Crippen molar-refractivity contribution in [3.63, 3.8) is 0 Å². The van der Waals surface area contributed by atoms with E-state index in [2.05, 4.69) is 14.9 Å². The summed E-state index contributed by atoms with van der Waals surface area (Å²) in [6, 6.07) is 4.79. The van der Waals surface area contributed by atoms with Gasteiger partial charge in [-0.15, -0.1) is 0 Å². The van der Waals surface area contributed by atoms with Crippen molar-refractivity contribution in [2.75, 3.05) is 0 Å². The maximum atomic E-state index is 13.7. The molecule has 32 heavy (non-hydrogen) atoms. The molecule has 0 saturated heterocycles. The van der Waals surface area contributed by atoms with Crippen molar-refractivity contribution >= 4 is 18.1 Å². The lowest BCUT2D eigenvalue weighted by molar-refractivity contribution is -0.138. The third-order valence-electron chi connectivity index (χ3n) is 4.11. The van der Waals surface area contributed by atoms with E-state index in [9.17, 15) is 18.4 Å². The van der Waals surface area contributed by atoms with Gasteiger partial charge in [0.25, 0.3) is 12.0 Å². The first-order valence-corrected chi connectivity index (χ1v) is 9.95. The topological polar surface area (TPSA) is 86.2 Å². The van der Waals surface area contributed by atoms with Gasteiger partial charge in [-0.3, -0.25) is 14.7 Å². The predicted octanol–water partition coefficient (Wildman–Crippen LogP) is 4.40. The van der Waals surface area contributed by atoms with Crippen LogP contribution in [-0.2, 0) is 22.7 Å². The number of pyridine rings is 1. The molecular weight excluding hydrogens is 444 g/mol. The number of rotatable bonds is 6. The van der Waals surface area contributed by atoms with E-state index in [1.54, 1.807) is 25.4 Å². The van der Waals surface area contributed by atoms with Crippen LogP contribution in [0.2, 0.25) is 5.02 Å².